The van der Waals surface area contributed by atoms with Gasteiger partial charge in [0.2, 0.25) is 5.95 Å². The maximum absolute atomic E-state index is 13.1. The molecule has 0 spiro atoms. The second-order valence-electron chi connectivity index (χ2n) is 4.09. The maximum atomic E-state index is 13.1. The standard InChI is InChI=1S/C13H7Cl2F2N3/c14-6-2-1-3-7(15)12(6)20-13-18-10-4-8(16)9(17)5-11(10)19-13/h1-5H,(H2,18,19,20). The van der Waals surface area contributed by atoms with E-state index in [1.165, 1.54) is 0 Å². The summed E-state index contributed by atoms with van der Waals surface area (Å²) in [5.74, 6) is -1.60. The fourth-order valence-corrected chi connectivity index (χ4v) is 2.29. The van der Waals surface area contributed by atoms with E-state index in [2.05, 4.69) is 15.3 Å². The van der Waals surface area contributed by atoms with Crippen LogP contribution in [0.5, 0.6) is 0 Å². The Morgan fingerprint density at radius 1 is 1.05 bits per heavy atom. The SMILES string of the molecule is Fc1cc2nc(Nc3c(Cl)cccc3Cl)[nH]c2cc1F. The molecule has 0 bridgehead atoms. The first-order chi connectivity index (χ1) is 9.54. The third kappa shape index (κ3) is 2.30. The molecule has 0 radical (unpaired) electrons. The lowest BCUT2D eigenvalue weighted by molar-refractivity contribution is 0.510. The van der Waals surface area contributed by atoms with Crippen molar-refractivity contribution in [2.45, 2.75) is 0 Å². The maximum Gasteiger partial charge on any atom is 0.205 e. The van der Waals surface area contributed by atoms with Crippen LogP contribution < -0.4 is 5.32 Å². The number of anilines is 2. The molecular weight excluding hydrogens is 307 g/mol. The zero-order valence-corrected chi connectivity index (χ0v) is 11.4. The number of fused-ring (bicyclic) bond motifs is 1. The molecule has 0 amide bonds. The van der Waals surface area contributed by atoms with Crippen molar-refractivity contribution in [3.8, 4) is 0 Å². The van der Waals surface area contributed by atoms with Crippen LogP contribution in [0.25, 0.3) is 11.0 Å². The topological polar surface area (TPSA) is 40.7 Å². The second-order valence-corrected chi connectivity index (χ2v) is 4.90. The predicted octanol–water partition coefficient (Wildman–Crippen LogP) is 4.89. The molecule has 7 heteroatoms. The smallest absolute Gasteiger partial charge is 0.205 e. The Balaban J connectivity index is 2.03. The van der Waals surface area contributed by atoms with Gasteiger partial charge in [0.05, 0.1) is 26.8 Å². The summed E-state index contributed by atoms with van der Waals surface area (Å²) in [7, 11) is 0. The summed E-state index contributed by atoms with van der Waals surface area (Å²) in [5.41, 5.74) is 1.14. The van der Waals surface area contributed by atoms with E-state index in [-0.39, 0.29) is 0 Å². The van der Waals surface area contributed by atoms with Crippen molar-refractivity contribution in [1.29, 1.82) is 0 Å². The van der Waals surface area contributed by atoms with Crippen molar-refractivity contribution in [3.05, 3.63) is 52.0 Å². The van der Waals surface area contributed by atoms with Crippen molar-refractivity contribution in [3.63, 3.8) is 0 Å². The van der Waals surface area contributed by atoms with E-state index < -0.39 is 11.6 Å². The first kappa shape index (κ1) is 13.1. The Hall–Kier alpha value is -1.85. The van der Waals surface area contributed by atoms with Gasteiger partial charge >= 0.3 is 0 Å². The van der Waals surface area contributed by atoms with Gasteiger partial charge in [-0.05, 0) is 12.1 Å². The molecule has 1 heterocycles. The van der Waals surface area contributed by atoms with Crippen LogP contribution in [0.4, 0.5) is 20.4 Å². The molecule has 0 saturated carbocycles. The zero-order valence-electron chi connectivity index (χ0n) is 9.85. The molecule has 0 fully saturated rings. The number of hydrogen-bond acceptors (Lipinski definition) is 2. The van der Waals surface area contributed by atoms with Gasteiger partial charge in [0.1, 0.15) is 0 Å². The van der Waals surface area contributed by atoms with Crippen LogP contribution in [0.3, 0.4) is 0 Å². The van der Waals surface area contributed by atoms with Crippen LogP contribution in [-0.4, -0.2) is 9.97 Å². The van der Waals surface area contributed by atoms with E-state index >= 15 is 0 Å². The first-order valence-electron chi connectivity index (χ1n) is 5.60. The summed E-state index contributed by atoms with van der Waals surface area (Å²) < 4.78 is 26.2. The number of rotatable bonds is 2. The number of para-hydroxylation sites is 1. The van der Waals surface area contributed by atoms with E-state index in [0.29, 0.717) is 32.7 Å². The van der Waals surface area contributed by atoms with Gasteiger partial charge < -0.3 is 10.3 Å². The van der Waals surface area contributed by atoms with Crippen LogP contribution in [0.1, 0.15) is 0 Å². The number of aromatic amines is 1. The molecule has 102 valence electrons. The summed E-state index contributed by atoms with van der Waals surface area (Å²) in [5, 5.41) is 3.72. The minimum absolute atomic E-state index is 0.292. The van der Waals surface area contributed by atoms with Gasteiger partial charge in [-0.3, -0.25) is 0 Å². The third-order valence-corrected chi connectivity index (χ3v) is 3.36. The van der Waals surface area contributed by atoms with Gasteiger partial charge in [-0.25, -0.2) is 13.8 Å². The van der Waals surface area contributed by atoms with Gasteiger partial charge in [-0.15, -0.1) is 0 Å². The number of halogens is 4. The summed E-state index contributed by atoms with van der Waals surface area (Å²) >= 11 is 12.0. The molecule has 1 aromatic heterocycles. The molecule has 2 aromatic carbocycles. The van der Waals surface area contributed by atoms with Gasteiger partial charge in [-0.2, -0.15) is 0 Å². The van der Waals surface area contributed by atoms with E-state index in [1.54, 1.807) is 18.2 Å². The fourth-order valence-electron chi connectivity index (χ4n) is 1.80. The van der Waals surface area contributed by atoms with Crippen LogP contribution in [-0.2, 0) is 0 Å². The van der Waals surface area contributed by atoms with Crippen LogP contribution in [0.15, 0.2) is 30.3 Å². The molecule has 0 saturated heterocycles. The Labute approximate surface area is 122 Å². The van der Waals surface area contributed by atoms with Crippen molar-refractivity contribution in [1.82, 2.24) is 9.97 Å². The number of H-pyrrole nitrogens is 1. The lowest BCUT2D eigenvalue weighted by Crippen LogP contribution is -1.93. The molecule has 0 aliphatic carbocycles. The van der Waals surface area contributed by atoms with Crippen LogP contribution in [0.2, 0.25) is 10.0 Å². The molecule has 20 heavy (non-hydrogen) atoms. The average molecular weight is 314 g/mol. The number of hydrogen-bond donors (Lipinski definition) is 2. The highest BCUT2D eigenvalue weighted by Gasteiger charge is 2.11. The molecule has 0 unspecified atom stereocenters. The molecule has 3 aromatic rings. The predicted molar refractivity (Wildman–Crippen MR) is 75.8 cm³/mol. The zero-order chi connectivity index (χ0) is 14.3. The molecule has 3 nitrogen and oxygen atoms in total. The fraction of sp³-hybridized carbons (Fsp3) is 0. The summed E-state index contributed by atoms with van der Waals surface area (Å²) in [4.78, 5) is 6.92. The number of imidazole rings is 1. The Kier molecular flexibility index (Phi) is 3.23. The van der Waals surface area contributed by atoms with Crippen molar-refractivity contribution in [2.24, 2.45) is 0 Å². The molecule has 2 N–H and O–H groups in total. The summed E-state index contributed by atoms with van der Waals surface area (Å²) in [6, 6.07) is 7.09. The van der Waals surface area contributed by atoms with Crippen molar-refractivity contribution < 1.29 is 8.78 Å². The van der Waals surface area contributed by atoms with E-state index in [1.807, 2.05) is 0 Å². The molecule has 0 atom stereocenters. The lowest BCUT2D eigenvalue weighted by Gasteiger charge is -2.06. The number of nitrogens with zero attached hydrogens (tertiary/aromatic N) is 1. The van der Waals surface area contributed by atoms with Crippen LogP contribution >= 0.6 is 23.2 Å². The van der Waals surface area contributed by atoms with Gasteiger partial charge in [0.15, 0.2) is 11.6 Å². The Bertz CT molecular complexity index is 742. The lowest BCUT2D eigenvalue weighted by atomic mass is 10.3. The van der Waals surface area contributed by atoms with Gasteiger partial charge in [0, 0.05) is 12.1 Å². The first-order valence-corrected chi connectivity index (χ1v) is 6.36. The highest BCUT2D eigenvalue weighted by atomic mass is 35.5. The minimum Gasteiger partial charge on any atom is -0.324 e. The van der Waals surface area contributed by atoms with Crippen molar-refractivity contribution in [2.75, 3.05) is 5.32 Å². The highest BCUT2D eigenvalue weighted by Crippen LogP contribution is 2.32. The number of nitrogens with one attached hydrogen (secondary N) is 2. The van der Waals surface area contributed by atoms with Gasteiger partial charge in [-0.1, -0.05) is 29.3 Å². The van der Waals surface area contributed by atoms with E-state index in [0.717, 1.165) is 12.1 Å². The molecule has 3 rings (SSSR count). The summed E-state index contributed by atoms with van der Waals surface area (Å²) in [6.07, 6.45) is 0. The van der Waals surface area contributed by atoms with E-state index in [9.17, 15) is 8.78 Å². The summed E-state index contributed by atoms with van der Waals surface area (Å²) in [6.45, 7) is 0. The Morgan fingerprint density at radius 2 is 1.70 bits per heavy atom. The largest absolute Gasteiger partial charge is 0.324 e. The second kappa shape index (κ2) is 4.92. The third-order valence-electron chi connectivity index (χ3n) is 2.73. The minimum atomic E-state index is -0.952. The van der Waals surface area contributed by atoms with Crippen LogP contribution in [0, 0.1) is 11.6 Å². The average Bonchev–Trinajstić information content (AvgIpc) is 2.76. The normalized spacial score (nSPS) is 11.0. The molecule has 0 aliphatic heterocycles. The van der Waals surface area contributed by atoms with Crippen molar-refractivity contribution >= 4 is 45.9 Å². The molecule has 0 aliphatic rings. The van der Waals surface area contributed by atoms with E-state index in [4.69, 9.17) is 23.2 Å². The highest BCUT2D eigenvalue weighted by molar-refractivity contribution is 6.39. The Morgan fingerprint density at radius 3 is 2.40 bits per heavy atom. The quantitative estimate of drug-likeness (QED) is 0.707. The number of benzene rings is 2. The molecular formula is C13H7Cl2F2N3. The van der Waals surface area contributed by atoms with Gasteiger partial charge in [0.25, 0.3) is 0 Å². The number of aromatic nitrogens is 2. The monoisotopic (exact) mass is 313 g/mol.